The van der Waals surface area contributed by atoms with Gasteiger partial charge in [-0.3, -0.25) is 0 Å². The number of aliphatic hydroxyl groups excluding tert-OH is 1. The van der Waals surface area contributed by atoms with Gasteiger partial charge in [-0.05, 0) is 36.8 Å². The monoisotopic (exact) mass is 280 g/mol. The van der Waals surface area contributed by atoms with Gasteiger partial charge in [0.15, 0.2) is 0 Å². The summed E-state index contributed by atoms with van der Waals surface area (Å²) in [6, 6.07) is 8.06. The molecule has 1 saturated heterocycles. The molecule has 1 aliphatic heterocycles. The molecule has 5 heteroatoms. The van der Waals surface area contributed by atoms with Gasteiger partial charge in [-0.1, -0.05) is 12.1 Å². The summed E-state index contributed by atoms with van der Waals surface area (Å²) in [6.45, 7) is 1.70. The van der Waals surface area contributed by atoms with E-state index in [9.17, 15) is 9.90 Å². The van der Waals surface area contributed by atoms with E-state index >= 15 is 0 Å². The Morgan fingerprint density at radius 3 is 2.84 bits per heavy atom. The molecule has 2 amide bonds. The van der Waals surface area contributed by atoms with Crippen molar-refractivity contribution in [2.45, 2.75) is 30.4 Å². The smallest absolute Gasteiger partial charge is 0.317 e. The lowest BCUT2D eigenvalue weighted by atomic mass is 10.1. The van der Waals surface area contributed by atoms with E-state index in [0.717, 1.165) is 24.9 Å². The number of thioether (sulfide) groups is 1. The van der Waals surface area contributed by atoms with Crippen LogP contribution in [0.25, 0.3) is 0 Å². The molecule has 2 rings (SSSR count). The van der Waals surface area contributed by atoms with E-state index in [1.807, 2.05) is 18.4 Å². The fraction of sp³-hybridized carbons (Fsp3) is 0.500. The summed E-state index contributed by atoms with van der Waals surface area (Å²) in [7, 11) is 0. The largest absolute Gasteiger partial charge is 0.391 e. The van der Waals surface area contributed by atoms with Crippen LogP contribution in [0.2, 0.25) is 0 Å². The minimum Gasteiger partial charge on any atom is -0.391 e. The van der Waals surface area contributed by atoms with E-state index in [0.29, 0.717) is 13.1 Å². The molecule has 0 radical (unpaired) electrons. The third-order valence-corrected chi connectivity index (χ3v) is 4.03. The molecule has 0 aromatic heterocycles. The Hall–Kier alpha value is -1.20. The van der Waals surface area contributed by atoms with E-state index in [4.69, 9.17) is 0 Å². The van der Waals surface area contributed by atoms with Gasteiger partial charge in [0.25, 0.3) is 0 Å². The van der Waals surface area contributed by atoms with E-state index < -0.39 is 0 Å². The van der Waals surface area contributed by atoms with Crippen molar-refractivity contribution in [3.8, 4) is 0 Å². The molecule has 1 unspecified atom stereocenters. The van der Waals surface area contributed by atoms with E-state index in [2.05, 4.69) is 17.4 Å². The second kappa shape index (κ2) is 6.82. The van der Waals surface area contributed by atoms with Crippen LogP contribution in [0.1, 0.15) is 18.4 Å². The van der Waals surface area contributed by atoms with Gasteiger partial charge in [-0.15, -0.1) is 11.8 Å². The number of hydrogen-bond donors (Lipinski definition) is 2. The summed E-state index contributed by atoms with van der Waals surface area (Å²) < 4.78 is 0. The van der Waals surface area contributed by atoms with E-state index in [1.165, 1.54) is 4.90 Å². The summed E-state index contributed by atoms with van der Waals surface area (Å²) in [5.41, 5.74) is 1.09. The molecule has 0 spiro atoms. The Labute approximate surface area is 118 Å². The number of rotatable bonds is 3. The van der Waals surface area contributed by atoms with Crippen molar-refractivity contribution < 1.29 is 9.90 Å². The Morgan fingerprint density at radius 1 is 1.47 bits per heavy atom. The van der Waals surface area contributed by atoms with Crippen molar-refractivity contribution >= 4 is 17.8 Å². The van der Waals surface area contributed by atoms with Crippen molar-refractivity contribution in [2.75, 3.05) is 19.3 Å². The first-order valence-electron chi connectivity index (χ1n) is 6.53. The number of aliphatic hydroxyl groups is 1. The van der Waals surface area contributed by atoms with Gasteiger partial charge in [0.05, 0.1) is 6.10 Å². The number of amides is 2. The second-order valence-corrected chi connectivity index (χ2v) is 5.63. The normalized spacial score (nSPS) is 19.3. The highest BCUT2D eigenvalue weighted by molar-refractivity contribution is 7.98. The molecule has 2 N–H and O–H groups in total. The minimum atomic E-state index is -0.375. The number of nitrogens with zero attached hydrogens (tertiary/aromatic N) is 1. The number of benzene rings is 1. The van der Waals surface area contributed by atoms with Crippen molar-refractivity contribution in [1.82, 2.24) is 10.2 Å². The van der Waals surface area contributed by atoms with E-state index in [1.54, 1.807) is 16.7 Å². The summed E-state index contributed by atoms with van der Waals surface area (Å²) in [6.07, 6.45) is 3.33. The van der Waals surface area contributed by atoms with Gasteiger partial charge >= 0.3 is 6.03 Å². The third-order valence-electron chi connectivity index (χ3n) is 3.29. The molecule has 19 heavy (non-hydrogen) atoms. The van der Waals surface area contributed by atoms with Crippen LogP contribution in [0.3, 0.4) is 0 Å². The number of piperidine rings is 1. The van der Waals surface area contributed by atoms with Gasteiger partial charge in [-0.25, -0.2) is 4.79 Å². The van der Waals surface area contributed by atoms with Crippen LogP contribution >= 0.6 is 11.8 Å². The molecule has 104 valence electrons. The second-order valence-electron chi connectivity index (χ2n) is 4.75. The zero-order valence-electron chi connectivity index (χ0n) is 11.1. The Balaban J connectivity index is 1.82. The molecule has 4 nitrogen and oxygen atoms in total. The molecular weight excluding hydrogens is 260 g/mol. The maximum absolute atomic E-state index is 11.9. The predicted molar refractivity (Wildman–Crippen MR) is 77.3 cm³/mol. The highest BCUT2D eigenvalue weighted by atomic mass is 32.2. The van der Waals surface area contributed by atoms with Crippen molar-refractivity contribution in [3.05, 3.63) is 29.8 Å². The Morgan fingerprint density at radius 2 is 2.21 bits per heavy atom. The number of β-amino-alcohol motifs (C(OH)–C–C–N with tert-alkyl or cyclic N) is 1. The van der Waals surface area contributed by atoms with Crippen molar-refractivity contribution in [1.29, 1.82) is 0 Å². The lowest BCUT2D eigenvalue weighted by Crippen LogP contribution is -2.46. The fourth-order valence-corrected chi connectivity index (χ4v) is 2.58. The van der Waals surface area contributed by atoms with Crippen LogP contribution in [-0.4, -0.2) is 41.5 Å². The zero-order chi connectivity index (χ0) is 13.7. The lowest BCUT2D eigenvalue weighted by molar-refractivity contribution is 0.0842. The number of urea groups is 1. The van der Waals surface area contributed by atoms with Crippen LogP contribution in [0.4, 0.5) is 4.79 Å². The first-order valence-corrected chi connectivity index (χ1v) is 7.75. The first kappa shape index (κ1) is 14.2. The number of nitrogens with one attached hydrogen (secondary N) is 1. The molecule has 1 aromatic carbocycles. The zero-order valence-corrected chi connectivity index (χ0v) is 11.9. The minimum absolute atomic E-state index is 0.0901. The maximum Gasteiger partial charge on any atom is 0.317 e. The van der Waals surface area contributed by atoms with Crippen LogP contribution < -0.4 is 5.32 Å². The number of hydrogen-bond acceptors (Lipinski definition) is 3. The summed E-state index contributed by atoms with van der Waals surface area (Å²) >= 11 is 1.70. The molecule has 0 saturated carbocycles. The number of carbonyl (C=O) groups is 1. The number of likely N-dealkylation sites (tertiary alicyclic amines) is 1. The molecule has 1 atom stereocenters. The van der Waals surface area contributed by atoms with Gasteiger partial charge in [0.1, 0.15) is 0 Å². The van der Waals surface area contributed by atoms with E-state index in [-0.39, 0.29) is 12.1 Å². The molecule has 0 bridgehead atoms. The summed E-state index contributed by atoms with van der Waals surface area (Å²) in [5.74, 6) is 0. The fourth-order valence-electron chi connectivity index (χ4n) is 2.17. The molecular formula is C14H20N2O2S. The van der Waals surface area contributed by atoms with Crippen LogP contribution in [0, 0.1) is 0 Å². The van der Waals surface area contributed by atoms with Gasteiger partial charge in [0.2, 0.25) is 0 Å². The quantitative estimate of drug-likeness (QED) is 0.834. The predicted octanol–water partition coefficient (Wildman–Crippen LogP) is 2.07. The standard InChI is InChI=1S/C14H20N2O2S/c1-19-13-6-4-11(5-7-13)9-15-14(18)16-8-2-3-12(17)10-16/h4-7,12,17H,2-3,8-10H2,1H3,(H,15,18). The molecule has 1 aliphatic rings. The lowest BCUT2D eigenvalue weighted by Gasteiger charge is -2.30. The Bertz CT molecular complexity index is 422. The molecule has 0 aliphatic carbocycles. The summed E-state index contributed by atoms with van der Waals surface area (Å²) in [4.78, 5) is 14.8. The van der Waals surface area contributed by atoms with Crippen molar-refractivity contribution in [2.24, 2.45) is 0 Å². The molecule has 1 fully saturated rings. The molecule has 1 heterocycles. The van der Waals surface area contributed by atoms with Gasteiger partial charge in [0, 0.05) is 24.5 Å². The van der Waals surface area contributed by atoms with Crippen LogP contribution in [0.5, 0.6) is 0 Å². The number of carbonyl (C=O) groups excluding carboxylic acids is 1. The molecule has 1 aromatic rings. The van der Waals surface area contributed by atoms with Gasteiger partial charge in [-0.2, -0.15) is 0 Å². The average Bonchev–Trinajstić information content (AvgIpc) is 2.45. The SMILES string of the molecule is CSc1ccc(CNC(=O)N2CCCC(O)C2)cc1. The maximum atomic E-state index is 11.9. The van der Waals surface area contributed by atoms with Crippen molar-refractivity contribution in [3.63, 3.8) is 0 Å². The van der Waals surface area contributed by atoms with Gasteiger partial charge < -0.3 is 15.3 Å². The highest BCUT2D eigenvalue weighted by Gasteiger charge is 2.21. The third kappa shape index (κ3) is 4.14. The van der Waals surface area contributed by atoms with Crippen LogP contribution in [-0.2, 0) is 6.54 Å². The Kier molecular flexibility index (Phi) is 5.10. The van der Waals surface area contributed by atoms with Crippen LogP contribution in [0.15, 0.2) is 29.2 Å². The summed E-state index contributed by atoms with van der Waals surface area (Å²) in [5, 5.41) is 12.4. The highest BCUT2D eigenvalue weighted by Crippen LogP contribution is 2.15. The average molecular weight is 280 g/mol. The first-order chi connectivity index (χ1) is 9.19. The topological polar surface area (TPSA) is 52.6 Å².